The Morgan fingerprint density at radius 2 is 2.19 bits per heavy atom. The van der Waals surface area contributed by atoms with Crippen LogP contribution in [0.3, 0.4) is 0 Å². The maximum Gasteiger partial charge on any atom is 0.133 e. The average Bonchev–Trinajstić information content (AvgIpc) is 2.81. The maximum absolute atomic E-state index is 6.17. The van der Waals surface area contributed by atoms with Gasteiger partial charge in [-0.2, -0.15) is 0 Å². The molecule has 1 atom stereocenters. The van der Waals surface area contributed by atoms with Gasteiger partial charge in [-0.05, 0) is 45.1 Å². The van der Waals surface area contributed by atoms with Gasteiger partial charge < -0.3 is 10.5 Å². The van der Waals surface area contributed by atoms with E-state index in [1.165, 1.54) is 0 Å². The second kappa shape index (κ2) is 4.99. The molecule has 84 valence electrons. The van der Waals surface area contributed by atoms with Crippen LogP contribution in [0.5, 0.6) is 5.75 Å². The lowest BCUT2D eigenvalue weighted by molar-refractivity contribution is 0.412. The van der Waals surface area contributed by atoms with E-state index in [0.717, 1.165) is 20.7 Å². The fourth-order valence-corrected chi connectivity index (χ4v) is 2.82. The van der Waals surface area contributed by atoms with Crippen LogP contribution in [0.25, 0.3) is 0 Å². The molecule has 0 bridgehead atoms. The number of ether oxygens (including phenoxy) is 1. The molecule has 1 heterocycles. The molecule has 0 radical (unpaired) electrons. The van der Waals surface area contributed by atoms with Crippen LogP contribution >= 0.6 is 27.3 Å². The largest absolute Gasteiger partial charge is 0.496 e. The molecule has 0 amide bonds. The van der Waals surface area contributed by atoms with E-state index in [1.807, 2.05) is 35.7 Å². The Morgan fingerprint density at radius 3 is 2.75 bits per heavy atom. The number of nitrogens with two attached hydrogens (primary N) is 1. The van der Waals surface area contributed by atoms with Crippen molar-refractivity contribution in [2.24, 2.45) is 5.73 Å². The van der Waals surface area contributed by atoms with Crippen LogP contribution in [0.1, 0.15) is 16.5 Å². The van der Waals surface area contributed by atoms with Gasteiger partial charge in [-0.1, -0.05) is 12.1 Å². The summed E-state index contributed by atoms with van der Waals surface area (Å²) in [7, 11) is 1.65. The molecule has 0 saturated carbocycles. The average molecular weight is 298 g/mol. The van der Waals surface area contributed by atoms with Gasteiger partial charge in [0.2, 0.25) is 0 Å². The third-order valence-corrected chi connectivity index (χ3v) is 3.96. The van der Waals surface area contributed by atoms with E-state index < -0.39 is 0 Å². The standard InChI is InChI=1S/C12H12BrNOS/c1-15-10-5-4-8(7-9(10)13)12(14)11-3-2-6-16-11/h2-7,12H,14H2,1H3. The fourth-order valence-electron chi connectivity index (χ4n) is 1.51. The third-order valence-electron chi connectivity index (χ3n) is 2.38. The molecule has 0 aliphatic heterocycles. The number of hydrogen-bond acceptors (Lipinski definition) is 3. The van der Waals surface area contributed by atoms with Crippen LogP contribution in [0.15, 0.2) is 40.2 Å². The van der Waals surface area contributed by atoms with Gasteiger partial charge in [-0.15, -0.1) is 11.3 Å². The summed E-state index contributed by atoms with van der Waals surface area (Å²) in [6, 6.07) is 9.91. The highest BCUT2D eigenvalue weighted by Gasteiger charge is 2.11. The van der Waals surface area contributed by atoms with Gasteiger partial charge in [-0.3, -0.25) is 0 Å². The lowest BCUT2D eigenvalue weighted by Crippen LogP contribution is -2.10. The SMILES string of the molecule is COc1ccc(C(N)c2cccs2)cc1Br. The van der Waals surface area contributed by atoms with Crippen molar-refractivity contribution in [1.82, 2.24) is 0 Å². The van der Waals surface area contributed by atoms with Crippen LogP contribution in [-0.2, 0) is 0 Å². The zero-order valence-corrected chi connectivity index (χ0v) is 11.2. The predicted octanol–water partition coefficient (Wildman–Crippen LogP) is 3.57. The molecule has 0 aliphatic carbocycles. The Hall–Kier alpha value is -0.840. The lowest BCUT2D eigenvalue weighted by atomic mass is 10.1. The summed E-state index contributed by atoms with van der Waals surface area (Å²) in [6.45, 7) is 0. The van der Waals surface area contributed by atoms with Gasteiger partial charge in [0.1, 0.15) is 5.75 Å². The molecule has 2 rings (SSSR count). The Balaban J connectivity index is 2.31. The van der Waals surface area contributed by atoms with Gasteiger partial charge >= 0.3 is 0 Å². The monoisotopic (exact) mass is 297 g/mol. The molecule has 1 aromatic heterocycles. The third kappa shape index (κ3) is 2.29. The first-order valence-corrected chi connectivity index (χ1v) is 6.52. The van der Waals surface area contributed by atoms with E-state index in [0.29, 0.717) is 0 Å². The minimum absolute atomic E-state index is 0.0674. The lowest BCUT2D eigenvalue weighted by Gasteiger charge is -2.12. The van der Waals surface area contributed by atoms with Crippen molar-refractivity contribution in [3.05, 3.63) is 50.6 Å². The first-order chi connectivity index (χ1) is 7.72. The molecule has 0 fully saturated rings. The van der Waals surface area contributed by atoms with Crippen LogP contribution in [0, 0.1) is 0 Å². The van der Waals surface area contributed by atoms with E-state index in [4.69, 9.17) is 10.5 Å². The molecular weight excluding hydrogens is 286 g/mol. The van der Waals surface area contributed by atoms with Crippen molar-refractivity contribution in [2.75, 3.05) is 7.11 Å². The van der Waals surface area contributed by atoms with E-state index in [9.17, 15) is 0 Å². The summed E-state index contributed by atoms with van der Waals surface area (Å²) >= 11 is 5.13. The molecule has 0 aliphatic rings. The summed E-state index contributed by atoms with van der Waals surface area (Å²) in [6.07, 6.45) is 0. The number of benzene rings is 1. The zero-order valence-electron chi connectivity index (χ0n) is 8.81. The van der Waals surface area contributed by atoms with Gasteiger partial charge in [0.05, 0.1) is 17.6 Å². The molecule has 4 heteroatoms. The normalized spacial score (nSPS) is 12.4. The first-order valence-electron chi connectivity index (χ1n) is 4.85. The molecule has 2 N–H and O–H groups in total. The number of rotatable bonds is 3. The Morgan fingerprint density at radius 1 is 1.38 bits per heavy atom. The summed E-state index contributed by atoms with van der Waals surface area (Å²) in [5, 5.41) is 2.04. The fraction of sp³-hybridized carbons (Fsp3) is 0.167. The minimum Gasteiger partial charge on any atom is -0.496 e. The Labute approximate surface area is 107 Å². The van der Waals surface area contributed by atoms with Gasteiger partial charge in [0.25, 0.3) is 0 Å². The molecule has 0 saturated heterocycles. The maximum atomic E-state index is 6.17. The minimum atomic E-state index is -0.0674. The molecule has 2 aromatic rings. The molecule has 1 aromatic carbocycles. The number of methoxy groups -OCH3 is 1. The summed E-state index contributed by atoms with van der Waals surface area (Å²) < 4.78 is 6.12. The van der Waals surface area contributed by atoms with Crippen molar-refractivity contribution in [3.8, 4) is 5.75 Å². The van der Waals surface area contributed by atoms with E-state index >= 15 is 0 Å². The predicted molar refractivity (Wildman–Crippen MR) is 71.0 cm³/mol. The second-order valence-corrected chi connectivity index (χ2v) is 5.22. The summed E-state index contributed by atoms with van der Waals surface area (Å²) in [5.41, 5.74) is 7.25. The highest BCUT2D eigenvalue weighted by Crippen LogP contribution is 2.30. The smallest absolute Gasteiger partial charge is 0.133 e. The molecule has 16 heavy (non-hydrogen) atoms. The summed E-state index contributed by atoms with van der Waals surface area (Å²) in [4.78, 5) is 1.16. The van der Waals surface area contributed by atoms with Crippen LogP contribution < -0.4 is 10.5 Å². The molecule has 0 spiro atoms. The molecule has 1 unspecified atom stereocenters. The van der Waals surface area contributed by atoms with E-state index in [-0.39, 0.29) is 6.04 Å². The zero-order chi connectivity index (χ0) is 11.5. The van der Waals surface area contributed by atoms with Crippen LogP contribution in [-0.4, -0.2) is 7.11 Å². The van der Waals surface area contributed by atoms with Crippen molar-refractivity contribution in [1.29, 1.82) is 0 Å². The highest BCUT2D eigenvalue weighted by atomic mass is 79.9. The van der Waals surface area contributed by atoms with Crippen molar-refractivity contribution < 1.29 is 4.74 Å². The molecule has 2 nitrogen and oxygen atoms in total. The Kier molecular flexibility index (Phi) is 3.63. The first kappa shape index (κ1) is 11.6. The van der Waals surface area contributed by atoms with Crippen molar-refractivity contribution in [3.63, 3.8) is 0 Å². The Bertz CT molecular complexity index is 470. The molecular formula is C12H12BrNOS. The van der Waals surface area contributed by atoms with Crippen LogP contribution in [0.4, 0.5) is 0 Å². The summed E-state index contributed by atoms with van der Waals surface area (Å²) in [5.74, 6) is 0.821. The van der Waals surface area contributed by atoms with Gasteiger partial charge in [0.15, 0.2) is 0 Å². The number of thiophene rings is 1. The van der Waals surface area contributed by atoms with Gasteiger partial charge in [-0.25, -0.2) is 0 Å². The van der Waals surface area contributed by atoms with Gasteiger partial charge in [0, 0.05) is 4.88 Å². The van der Waals surface area contributed by atoms with E-state index in [2.05, 4.69) is 15.9 Å². The van der Waals surface area contributed by atoms with Crippen molar-refractivity contribution in [2.45, 2.75) is 6.04 Å². The number of halogens is 1. The second-order valence-electron chi connectivity index (χ2n) is 3.39. The quantitative estimate of drug-likeness (QED) is 0.940. The topological polar surface area (TPSA) is 35.2 Å². The van der Waals surface area contributed by atoms with E-state index in [1.54, 1.807) is 18.4 Å². The van der Waals surface area contributed by atoms with Crippen LogP contribution in [0.2, 0.25) is 0 Å². The number of hydrogen-bond donors (Lipinski definition) is 1. The van der Waals surface area contributed by atoms with Crippen molar-refractivity contribution >= 4 is 27.3 Å². The highest BCUT2D eigenvalue weighted by molar-refractivity contribution is 9.10.